The van der Waals surface area contributed by atoms with Crippen molar-refractivity contribution in [3.8, 4) is 0 Å². The summed E-state index contributed by atoms with van der Waals surface area (Å²) in [6.45, 7) is 1.01. The summed E-state index contributed by atoms with van der Waals surface area (Å²) in [6, 6.07) is 6.10. The second-order valence-electron chi connectivity index (χ2n) is 7.74. The average Bonchev–Trinajstić information content (AvgIpc) is 3.12. The molecule has 140 valence electrons. The second-order valence-corrected chi connectivity index (χ2v) is 7.74. The van der Waals surface area contributed by atoms with E-state index in [1.54, 1.807) is 0 Å². The molecule has 3 heterocycles. The fourth-order valence-corrected chi connectivity index (χ4v) is 5.25. The number of carbonyl (C=O) groups is 1. The van der Waals surface area contributed by atoms with Crippen LogP contribution in [0.5, 0.6) is 0 Å². The topological polar surface area (TPSA) is 92.9 Å². The Morgan fingerprint density at radius 1 is 1.30 bits per heavy atom. The van der Waals surface area contributed by atoms with Crippen LogP contribution in [0.25, 0.3) is 0 Å². The molecule has 1 spiro atoms. The molecule has 3 aliphatic heterocycles. The van der Waals surface area contributed by atoms with E-state index in [0.717, 1.165) is 37.8 Å². The fraction of sp³-hybridized carbons (Fsp3) is 0.450. The summed E-state index contributed by atoms with van der Waals surface area (Å²) in [4.78, 5) is 25.6. The summed E-state index contributed by atoms with van der Waals surface area (Å²) >= 11 is 0. The second kappa shape index (κ2) is 5.74. The highest BCUT2D eigenvalue weighted by atomic mass is 16.6. The highest BCUT2D eigenvalue weighted by molar-refractivity contribution is 5.96. The van der Waals surface area contributed by atoms with E-state index in [0.29, 0.717) is 5.56 Å². The summed E-state index contributed by atoms with van der Waals surface area (Å²) in [7, 11) is 0. The molecular weight excluding hydrogens is 348 g/mol. The number of aliphatic hydroxyl groups is 1. The Labute approximate surface area is 156 Å². The quantitative estimate of drug-likeness (QED) is 0.500. The minimum Gasteiger partial charge on any atom is -0.449 e. The van der Waals surface area contributed by atoms with Gasteiger partial charge in [-0.15, -0.1) is 0 Å². The van der Waals surface area contributed by atoms with Crippen LogP contribution in [0.1, 0.15) is 37.4 Å². The van der Waals surface area contributed by atoms with Crippen LogP contribution in [0.4, 0.5) is 5.69 Å². The van der Waals surface area contributed by atoms with Crippen molar-refractivity contribution in [3.63, 3.8) is 0 Å². The molecule has 2 fully saturated rings. The molecule has 27 heavy (non-hydrogen) atoms. The summed E-state index contributed by atoms with van der Waals surface area (Å²) in [5.74, 6) is -0.478. The lowest BCUT2D eigenvalue weighted by Gasteiger charge is -2.37. The number of benzene rings is 1. The van der Waals surface area contributed by atoms with Gasteiger partial charge in [-0.2, -0.15) is 0 Å². The smallest absolute Gasteiger partial charge is 0.338 e. The van der Waals surface area contributed by atoms with E-state index in [1.807, 2.05) is 6.08 Å². The van der Waals surface area contributed by atoms with Gasteiger partial charge in [-0.3, -0.25) is 15.0 Å². The van der Waals surface area contributed by atoms with Crippen LogP contribution in [-0.2, 0) is 9.53 Å². The van der Waals surface area contributed by atoms with Gasteiger partial charge in [-0.05, 0) is 37.1 Å². The molecule has 1 aromatic carbocycles. The van der Waals surface area contributed by atoms with Gasteiger partial charge in [0, 0.05) is 30.2 Å². The average molecular weight is 368 g/mol. The van der Waals surface area contributed by atoms with Crippen LogP contribution in [0.2, 0.25) is 0 Å². The first-order valence-electron chi connectivity index (χ1n) is 9.35. The minimum absolute atomic E-state index is 0.0527. The predicted octanol–water partition coefficient (Wildman–Crippen LogP) is 2.42. The number of carbonyl (C=O) groups excluding carboxylic acids is 1. The standard InChI is InChI=1S/C20H20N2O5/c23-18(12-4-6-13(7-5-12)22(25)26)17-15-9-8-14-11-20(15,27-19(17)24)16-3-1-2-10-21(14)16/h4-9,14,16,18,23H,1-3,10-11H2/t14-,16-,18+,20+/m1/s1. The van der Waals surface area contributed by atoms with Crippen molar-refractivity contribution in [1.29, 1.82) is 0 Å². The molecule has 0 amide bonds. The van der Waals surface area contributed by atoms with Crippen LogP contribution in [0.3, 0.4) is 0 Å². The lowest BCUT2D eigenvalue weighted by molar-refractivity contribution is -0.384. The summed E-state index contributed by atoms with van der Waals surface area (Å²) < 4.78 is 5.96. The molecule has 5 rings (SSSR count). The van der Waals surface area contributed by atoms with Crippen LogP contribution in [0.15, 0.2) is 47.6 Å². The van der Waals surface area contributed by atoms with E-state index in [4.69, 9.17) is 4.74 Å². The van der Waals surface area contributed by atoms with Crippen molar-refractivity contribution >= 4 is 11.7 Å². The van der Waals surface area contributed by atoms with Gasteiger partial charge in [0.2, 0.25) is 0 Å². The zero-order valence-corrected chi connectivity index (χ0v) is 14.7. The number of nitro benzene ring substituents is 1. The number of fused-ring (bicyclic) bond motifs is 3. The Bertz CT molecular complexity index is 890. The van der Waals surface area contributed by atoms with Crippen LogP contribution >= 0.6 is 0 Å². The van der Waals surface area contributed by atoms with Gasteiger partial charge in [0.25, 0.3) is 5.69 Å². The first-order chi connectivity index (χ1) is 13.0. The summed E-state index contributed by atoms with van der Waals surface area (Å²) in [6.07, 6.45) is 6.89. The lowest BCUT2D eigenvalue weighted by Crippen LogP contribution is -2.48. The van der Waals surface area contributed by atoms with Crippen LogP contribution in [0, 0.1) is 10.1 Å². The maximum Gasteiger partial charge on any atom is 0.338 e. The first kappa shape index (κ1) is 16.6. The van der Waals surface area contributed by atoms with Gasteiger partial charge in [0.1, 0.15) is 6.10 Å². The van der Waals surface area contributed by atoms with Gasteiger partial charge >= 0.3 is 5.97 Å². The van der Waals surface area contributed by atoms with E-state index < -0.39 is 22.6 Å². The zero-order chi connectivity index (χ0) is 18.8. The predicted molar refractivity (Wildman–Crippen MR) is 95.8 cm³/mol. The number of non-ortho nitro benzene ring substituents is 1. The molecule has 7 nitrogen and oxygen atoms in total. The number of esters is 1. The van der Waals surface area contributed by atoms with E-state index in [9.17, 15) is 20.0 Å². The van der Waals surface area contributed by atoms with Crippen molar-refractivity contribution in [2.75, 3.05) is 6.54 Å². The molecule has 1 aliphatic carbocycles. The fourth-order valence-electron chi connectivity index (χ4n) is 5.25. The first-order valence-corrected chi connectivity index (χ1v) is 9.35. The Morgan fingerprint density at radius 2 is 2.07 bits per heavy atom. The lowest BCUT2D eigenvalue weighted by atomic mass is 9.78. The number of nitro groups is 1. The summed E-state index contributed by atoms with van der Waals surface area (Å²) in [5, 5.41) is 21.7. The minimum atomic E-state index is -1.16. The molecule has 1 aromatic rings. The van der Waals surface area contributed by atoms with Crippen LogP contribution < -0.4 is 0 Å². The number of ether oxygens (including phenoxy) is 1. The molecular formula is C20H20N2O5. The zero-order valence-electron chi connectivity index (χ0n) is 14.7. The molecule has 0 aromatic heterocycles. The highest BCUT2D eigenvalue weighted by Crippen LogP contribution is 2.54. The maximum absolute atomic E-state index is 12.8. The maximum atomic E-state index is 12.8. The molecule has 0 saturated carbocycles. The molecule has 1 N–H and O–H groups in total. The third-order valence-corrected chi connectivity index (χ3v) is 6.44. The molecule has 0 unspecified atom stereocenters. The Hall–Kier alpha value is -2.51. The number of hydrogen-bond acceptors (Lipinski definition) is 6. The van der Waals surface area contributed by atoms with Crippen molar-refractivity contribution in [3.05, 3.63) is 63.2 Å². The normalized spacial score (nSPS) is 32.9. The van der Waals surface area contributed by atoms with Gasteiger partial charge in [-0.1, -0.05) is 18.6 Å². The molecule has 7 heteroatoms. The monoisotopic (exact) mass is 368 g/mol. The Balaban J connectivity index is 1.56. The van der Waals surface area contributed by atoms with Gasteiger partial charge in [0.05, 0.1) is 16.5 Å². The number of hydrogen-bond donors (Lipinski definition) is 1. The van der Waals surface area contributed by atoms with E-state index in [2.05, 4.69) is 11.0 Å². The molecule has 4 atom stereocenters. The van der Waals surface area contributed by atoms with Crippen LogP contribution in [-0.4, -0.2) is 45.1 Å². The van der Waals surface area contributed by atoms with E-state index in [-0.39, 0.29) is 23.3 Å². The van der Waals surface area contributed by atoms with Gasteiger partial charge in [-0.25, -0.2) is 4.79 Å². The number of nitrogens with zero attached hydrogens (tertiary/aromatic N) is 2. The van der Waals surface area contributed by atoms with Crippen molar-refractivity contribution in [2.45, 2.75) is 49.5 Å². The Kier molecular flexibility index (Phi) is 3.54. The van der Waals surface area contributed by atoms with Gasteiger partial charge in [0.15, 0.2) is 5.60 Å². The number of rotatable bonds is 3. The SMILES string of the molecule is O=C1O[C@@]23C[C@@H](C=CC2=C1[C@@H](O)c1ccc([N+](=O)[O-])cc1)N1CCCC[C@@H]13. The summed E-state index contributed by atoms with van der Waals surface area (Å²) in [5.41, 5.74) is 0.790. The third-order valence-electron chi connectivity index (χ3n) is 6.44. The van der Waals surface area contributed by atoms with E-state index in [1.165, 1.54) is 24.3 Å². The molecule has 2 saturated heterocycles. The van der Waals surface area contributed by atoms with Crippen molar-refractivity contribution in [1.82, 2.24) is 4.90 Å². The largest absolute Gasteiger partial charge is 0.449 e. The molecule has 0 radical (unpaired) electrons. The molecule has 2 bridgehead atoms. The van der Waals surface area contributed by atoms with Gasteiger partial charge < -0.3 is 9.84 Å². The third kappa shape index (κ3) is 2.25. The highest BCUT2D eigenvalue weighted by Gasteiger charge is 2.62. The van der Waals surface area contributed by atoms with Crippen molar-refractivity contribution in [2.24, 2.45) is 0 Å². The number of aliphatic hydroxyl groups excluding tert-OH is 1. The van der Waals surface area contributed by atoms with E-state index >= 15 is 0 Å². The number of piperidine rings is 1. The molecule has 4 aliphatic rings. The van der Waals surface area contributed by atoms with Crippen molar-refractivity contribution < 1.29 is 19.6 Å². The Morgan fingerprint density at radius 3 is 2.81 bits per heavy atom.